The molecule has 0 spiro atoms. The minimum atomic E-state index is -4.14. The van der Waals surface area contributed by atoms with Crippen LogP contribution in [0.25, 0.3) is 0 Å². The molecule has 0 aromatic heterocycles. The topological polar surface area (TPSA) is 20.2 Å². The molecule has 0 atom stereocenters. The molecule has 6 aliphatic carbocycles. The Morgan fingerprint density at radius 2 is 0.625 bits per heavy atom. The molecule has 6 aliphatic rings. The highest BCUT2D eigenvalue weighted by molar-refractivity contribution is 5.94. The van der Waals surface area contributed by atoms with Gasteiger partial charge in [-0.1, -0.05) is 0 Å². The third-order valence-electron chi connectivity index (χ3n) is 5.77. The van der Waals surface area contributed by atoms with Gasteiger partial charge in [0.15, 0.2) is 5.60 Å². The molecular weight excluding hydrogens is 245 g/mol. The molecule has 0 amide bonds. The molecule has 6 saturated carbocycles. The van der Waals surface area contributed by atoms with E-state index in [-0.39, 0.29) is 0 Å². The van der Waals surface area contributed by atoms with Gasteiger partial charge in [-0.05, 0) is 0 Å². The SMILES string of the molecule is OC12C3(F)C4(F)C1(F)C1(F)C2(F)C3(F)C41F. The van der Waals surface area contributed by atoms with Gasteiger partial charge in [0.05, 0.1) is 0 Å². The number of aliphatic hydroxyl groups is 1. The Morgan fingerprint density at radius 3 is 0.875 bits per heavy atom. The van der Waals surface area contributed by atoms with Crippen LogP contribution in [0.2, 0.25) is 0 Å². The van der Waals surface area contributed by atoms with Crippen molar-refractivity contribution in [3.63, 3.8) is 0 Å². The van der Waals surface area contributed by atoms with Gasteiger partial charge in [0.2, 0.25) is 39.7 Å². The molecule has 1 nitrogen and oxygen atoms in total. The highest BCUT2D eigenvalue weighted by Crippen LogP contribution is 3.16. The van der Waals surface area contributed by atoms with Gasteiger partial charge in [-0.2, -0.15) is 0 Å². The molecule has 0 aliphatic heterocycles. The Bertz CT molecular complexity index is 336. The van der Waals surface area contributed by atoms with Crippen molar-refractivity contribution in [2.45, 2.75) is 45.3 Å². The first-order valence-corrected chi connectivity index (χ1v) is 4.55. The maximum atomic E-state index is 13.6. The standard InChI is InChI=1S/C8HF7O/c9-1-2(10)5(13)3(1,11)7(15)4(1,12)6(2,14)8(5,7)16/h16H. The summed E-state index contributed by atoms with van der Waals surface area (Å²) < 4.78 is 95.0. The smallest absolute Gasteiger partial charge is 0.232 e. The fourth-order valence-corrected chi connectivity index (χ4v) is 5.39. The van der Waals surface area contributed by atoms with Crippen LogP contribution in [0.1, 0.15) is 0 Å². The molecule has 6 fully saturated rings. The van der Waals surface area contributed by atoms with Crippen molar-refractivity contribution in [1.29, 1.82) is 0 Å². The van der Waals surface area contributed by atoms with Crippen LogP contribution < -0.4 is 0 Å². The Balaban J connectivity index is 1.95. The lowest BCUT2D eigenvalue weighted by atomic mass is 8.91. The lowest BCUT2D eigenvalue weighted by Crippen LogP contribution is -3.47. The van der Waals surface area contributed by atoms with Crippen molar-refractivity contribution in [1.82, 2.24) is 0 Å². The van der Waals surface area contributed by atoms with Crippen molar-refractivity contribution in [3.05, 3.63) is 0 Å². The normalized spacial score (nSPS) is 97.5. The minimum Gasteiger partial charge on any atom is -0.379 e. The molecule has 0 saturated heterocycles. The fourth-order valence-electron chi connectivity index (χ4n) is 5.39. The van der Waals surface area contributed by atoms with Gasteiger partial charge in [-0.25, -0.2) is 30.7 Å². The lowest BCUT2D eigenvalue weighted by molar-refractivity contribution is -0.802. The predicted molar refractivity (Wildman–Crippen MR) is 31.8 cm³/mol. The van der Waals surface area contributed by atoms with Crippen LogP contribution in [0.15, 0.2) is 0 Å². The van der Waals surface area contributed by atoms with E-state index < -0.39 is 45.3 Å². The van der Waals surface area contributed by atoms with Gasteiger partial charge in [0.25, 0.3) is 0 Å². The Kier molecular flexibility index (Phi) is 0.622. The van der Waals surface area contributed by atoms with Crippen LogP contribution in [0.5, 0.6) is 0 Å². The van der Waals surface area contributed by atoms with E-state index in [0.717, 1.165) is 0 Å². The number of alkyl halides is 7. The van der Waals surface area contributed by atoms with Crippen LogP contribution in [0, 0.1) is 0 Å². The number of hydrogen-bond donors (Lipinski definition) is 1. The number of halogens is 7. The average Bonchev–Trinajstić information content (AvgIpc) is 2.27. The van der Waals surface area contributed by atoms with Crippen LogP contribution in [-0.4, -0.2) is 50.4 Å². The number of hydrogen-bond acceptors (Lipinski definition) is 1. The summed E-state index contributed by atoms with van der Waals surface area (Å²) in [6.07, 6.45) is 0. The third-order valence-corrected chi connectivity index (χ3v) is 5.77. The molecule has 0 aromatic rings. The van der Waals surface area contributed by atoms with E-state index in [1.54, 1.807) is 0 Å². The summed E-state index contributed by atoms with van der Waals surface area (Å²) >= 11 is 0. The molecule has 0 heterocycles. The highest BCUT2D eigenvalue weighted by Gasteiger charge is 3.50. The van der Waals surface area contributed by atoms with E-state index in [2.05, 4.69) is 0 Å². The Hall–Kier alpha value is -0.530. The summed E-state index contributed by atoms with van der Waals surface area (Å²) in [7, 11) is 0. The van der Waals surface area contributed by atoms with Gasteiger partial charge >= 0.3 is 0 Å². The Morgan fingerprint density at radius 1 is 0.438 bits per heavy atom. The van der Waals surface area contributed by atoms with E-state index >= 15 is 0 Å². The maximum absolute atomic E-state index is 13.6. The zero-order valence-electron chi connectivity index (χ0n) is 7.09. The van der Waals surface area contributed by atoms with Crippen molar-refractivity contribution >= 4 is 0 Å². The molecule has 16 heavy (non-hydrogen) atoms. The van der Waals surface area contributed by atoms with Gasteiger partial charge in [0, 0.05) is 0 Å². The summed E-state index contributed by atoms with van der Waals surface area (Å²) in [6, 6.07) is 0. The van der Waals surface area contributed by atoms with E-state index in [1.807, 2.05) is 0 Å². The van der Waals surface area contributed by atoms with Crippen molar-refractivity contribution in [3.8, 4) is 0 Å². The molecule has 0 aromatic carbocycles. The first kappa shape index (κ1) is 8.54. The summed E-state index contributed by atoms with van der Waals surface area (Å²) in [5.74, 6) is 0. The van der Waals surface area contributed by atoms with E-state index in [0.29, 0.717) is 0 Å². The van der Waals surface area contributed by atoms with Crippen molar-refractivity contribution in [2.75, 3.05) is 0 Å². The van der Waals surface area contributed by atoms with Crippen molar-refractivity contribution in [2.24, 2.45) is 0 Å². The fraction of sp³-hybridized carbons (Fsp3) is 1.00. The molecule has 8 heteroatoms. The lowest BCUT2D eigenvalue weighted by Gasteiger charge is -3.12. The van der Waals surface area contributed by atoms with E-state index in [4.69, 9.17) is 0 Å². The van der Waals surface area contributed by atoms with Gasteiger partial charge in [-0.3, -0.25) is 0 Å². The maximum Gasteiger partial charge on any atom is 0.232 e. The van der Waals surface area contributed by atoms with Crippen molar-refractivity contribution < 1.29 is 35.8 Å². The third kappa shape index (κ3) is 0.181. The predicted octanol–water partition coefficient (Wildman–Crippen LogP) is 0.744. The van der Waals surface area contributed by atoms with Crippen LogP contribution >= 0.6 is 0 Å². The quantitative estimate of drug-likeness (QED) is 0.625. The second kappa shape index (κ2) is 1.17. The summed E-state index contributed by atoms with van der Waals surface area (Å²) in [5, 5.41) is 9.18. The molecule has 6 rings (SSSR count). The molecule has 88 valence electrons. The first-order valence-electron chi connectivity index (χ1n) is 4.55. The van der Waals surface area contributed by atoms with Gasteiger partial charge < -0.3 is 5.11 Å². The van der Waals surface area contributed by atoms with Crippen LogP contribution in [-0.2, 0) is 0 Å². The highest BCUT2D eigenvalue weighted by atomic mass is 19.2. The zero-order chi connectivity index (χ0) is 12.0. The van der Waals surface area contributed by atoms with Crippen LogP contribution in [0.4, 0.5) is 30.7 Å². The summed E-state index contributed by atoms with van der Waals surface area (Å²) in [6.45, 7) is 0. The summed E-state index contributed by atoms with van der Waals surface area (Å²) in [5.41, 5.74) is -32.2. The molecular formula is C8HF7O. The monoisotopic (exact) mass is 246 g/mol. The van der Waals surface area contributed by atoms with Gasteiger partial charge in [-0.15, -0.1) is 0 Å². The summed E-state index contributed by atoms with van der Waals surface area (Å²) in [4.78, 5) is 0. The first-order chi connectivity index (χ1) is 7.00. The van der Waals surface area contributed by atoms with E-state index in [9.17, 15) is 35.8 Å². The molecule has 0 radical (unpaired) electrons. The van der Waals surface area contributed by atoms with E-state index in [1.165, 1.54) is 0 Å². The Labute approximate surface area is 82.2 Å². The largest absolute Gasteiger partial charge is 0.379 e. The van der Waals surface area contributed by atoms with Crippen LogP contribution in [0.3, 0.4) is 0 Å². The molecule has 0 bridgehead atoms. The average molecular weight is 246 g/mol. The van der Waals surface area contributed by atoms with Gasteiger partial charge in [0.1, 0.15) is 0 Å². The zero-order valence-corrected chi connectivity index (χ0v) is 7.09. The second-order valence-corrected chi connectivity index (χ2v) is 5.32. The number of rotatable bonds is 0. The second-order valence-electron chi connectivity index (χ2n) is 5.32. The molecule has 0 unspecified atom stereocenters. The molecule has 1 N–H and O–H groups in total. The minimum absolute atomic E-state index is 3.72.